The van der Waals surface area contributed by atoms with Crippen LogP contribution in [0, 0.1) is 4.91 Å². The van der Waals surface area contributed by atoms with Crippen LogP contribution in [-0.2, 0) is 4.79 Å². The van der Waals surface area contributed by atoms with Gasteiger partial charge >= 0.3 is 0 Å². The van der Waals surface area contributed by atoms with Gasteiger partial charge < -0.3 is 11.1 Å². The van der Waals surface area contributed by atoms with Crippen molar-refractivity contribution in [2.24, 2.45) is 10.9 Å². The lowest BCUT2D eigenvalue weighted by atomic mass is 10.2. The number of hydrogen-bond donors (Lipinski definition) is 2. The van der Waals surface area contributed by atoms with Crippen molar-refractivity contribution in [3.8, 4) is 0 Å². The average molecular weight is 173 g/mol. The van der Waals surface area contributed by atoms with Crippen LogP contribution in [0.5, 0.6) is 0 Å². The number of amides is 1. The molecule has 5 nitrogen and oxygen atoms in total. The molecule has 0 aliphatic carbocycles. The molecule has 0 heterocycles. The van der Waals surface area contributed by atoms with Crippen LogP contribution in [-0.4, -0.2) is 25.0 Å². The van der Waals surface area contributed by atoms with Gasteiger partial charge in [0.05, 0.1) is 0 Å². The van der Waals surface area contributed by atoms with Crippen LogP contribution in [0.2, 0.25) is 0 Å². The van der Waals surface area contributed by atoms with E-state index in [-0.39, 0.29) is 18.5 Å². The molecule has 0 saturated carbocycles. The molecule has 0 aliphatic heterocycles. The molecule has 5 heteroatoms. The van der Waals surface area contributed by atoms with E-state index in [1.807, 2.05) is 6.92 Å². The summed E-state index contributed by atoms with van der Waals surface area (Å²) < 4.78 is 0. The Hall–Kier alpha value is -0.970. The number of carbonyl (C=O) groups is 1. The van der Waals surface area contributed by atoms with Crippen molar-refractivity contribution in [1.82, 2.24) is 5.32 Å². The maximum atomic E-state index is 10.7. The first-order chi connectivity index (χ1) is 5.66. The zero-order valence-corrected chi connectivity index (χ0v) is 7.25. The number of nitrogens with zero attached hydrogens (tertiary/aromatic N) is 1. The molecule has 0 bridgehead atoms. The Morgan fingerprint density at radius 2 is 2.33 bits per heavy atom. The fourth-order valence-corrected chi connectivity index (χ4v) is 0.766. The fourth-order valence-electron chi connectivity index (χ4n) is 0.766. The van der Waals surface area contributed by atoms with E-state index in [0.29, 0.717) is 6.54 Å². The summed E-state index contributed by atoms with van der Waals surface area (Å²) >= 11 is 0. The van der Waals surface area contributed by atoms with Gasteiger partial charge in [-0.3, -0.25) is 4.79 Å². The van der Waals surface area contributed by atoms with Crippen LogP contribution < -0.4 is 11.1 Å². The molecule has 0 aromatic carbocycles. The summed E-state index contributed by atoms with van der Waals surface area (Å²) in [5.41, 5.74) is 5.49. The number of nitrogens with one attached hydrogen (secondary N) is 1. The molecule has 0 aliphatic rings. The Bertz CT molecular complexity index is 148. The summed E-state index contributed by atoms with van der Waals surface area (Å²) in [6.45, 7) is 2.18. The SMILES string of the molecule is CC(N)CCCNC(=O)CN=O. The molecule has 0 spiro atoms. The van der Waals surface area contributed by atoms with Crippen LogP contribution in [0.15, 0.2) is 5.18 Å². The first kappa shape index (κ1) is 11.0. The van der Waals surface area contributed by atoms with Gasteiger partial charge in [0.1, 0.15) is 0 Å². The molecule has 0 aromatic rings. The molecule has 1 atom stereocenters. The van der Waals surface area contributed by atoms with Crippen LogP contribution in [0.4, 0.5) is 0 Å². The Morgan fingerprint density at radius 3 is 2.83 bits per heavy atom. The van der Waals surface area contributed by atoms with Crippen molar-refractivity contribution >= 4 is 5.91 Å². The predicted molar refractivity (Wildman–Crippen MR) is 46.6 cm³/mol. The highest BCUT2D eigenvalue weighted by atomic mass is 16.3. The summed E-state index contributed by atoms with van der Waals surface area (Å²) in [5, 5.41) is 5.01. The molecular formula is C7H15N3O2. The van der Waals surface area contributed by atoms with Crippen molar-refractivity contribution in [2.75, 3.05) is 13.1 Å². The highest BCUT2D eigenvalue weighted by molar-refractivity contribution is 5.77. The third kappa shape index (κ3) is 7.14. The fraction of sp³-hybridized carbons (Fsp3) is 0.857. The first-order valence-electron chi connectivity index (χ1n) is 3.98. The molecule has 0 rings (SSSR count). The van der Waals surface area contributed by atoms with E-state index < -0.39 is 0 Å². The lowest BCUT2D eigenvalue weighted by Gasteiger charge is -2.04. The van der Waals surface area contributed by atoms with Crippen molar-refractivity contribution in [2.45, 2.75) is 25.8 Å². The minimum Gasteiger partial charge on any atom is -0.354 e. The molecule has 1 amide bonds. The predicted octanol–water partition coefficient (Wildman–Crippen LogP) is -0.00360. The van der Waals surface area contributed by atoms with Crippen molar-refractivity contribution in [3.63, 3.8) is 0 Å². The van der Waals surface area contributed by atoms with E-state index in [0.717, 1.165) is 12.8 Å². The topological polar surface area (TPSA) is 84.5 Å². The van der Waals surface area contributed by atoms with Gasteiger partial charge in [-0.25, -0.2) is 0 Å². The van der Waals surface area contributed by atoms with Gasteiger partial charge in [-0.05, 0) is 19.8 Å². The van der Waals surface area contributed by atoms with Gasteiger partial charge in [0.25, 0.3) is 0 Å². The smallest absolute Gasteiger partial charge is 0.245 e. The second-order valence-electron chi connectivity index (χ2n) is 2.76. The molecule has 0 aromatic heterocycles. The number of rotatable bonds is 6. The largest absolute Gasteiger partial charge is 0.354 e. The highest BCUT2D eigenvalue weighted by Gasteiger charge is 1.99. The number of hydrogen-bond acceptors (Lipinski definition) is 4. The molecule has 70 valence electrons. The third-order valence-electron chi connectivity index (χ3n) is 1.37. The van der Waals surface area contributed by atoms with Crippen LogP contribution >= 0.6 is 0 Å². The maximum Gasteiger partial charge on any atom is 0.245 e. The number of carbonyl (C=O) groups excluding carboxylic acids is 1. The van der Waals surface area contributed by atoms with Gasteiger partial charge in [0, 0.05) is 12.6 Å². The first-order valence-corrected chi connectivity index (χ1v) is 3.98. The minimum absolute atomic E-state index is 0.158. The summed E-state index contributed by atoms with van der Waals surface area (Å²) in [5.74, 6) is -0.324. The van der Waals surface area contributed by atoms with Gasteiger partial charge in [-0.2, -0.15) is 4.91 Å². The zero-order valence-electron chi connectivity index (χ0n) is 7.25. The van der Waals surface area contributed by atoms with Gasteiger partial charge in [-0.1, -0.05) is 5.18 Å². The van der Waals surface area contributed by atoms with Crippen molar-refractivity contribution in [3.05, 3.63) is 4.91 Å². The van der Waals surface area contributed by atoms with E-state index in [9.17, 15) is 9.70 Å². The van der Waals surface area contributed by atoms with Crippen LogP contribution in [0.3, 0.4) is 0 Å². The summed E-state index contributed by atoms with van der Waals surface area (Å²) in [7, 11) is 0. The standard InChI is InChI=1S/C7H15N3O2/c1-6(8)3-2-4-9-7(11)5-10-12/h6H,2-5,8H2,1H3,(H,9,11). The average Bonchev–Trinajstić information content (AvgIpc) is 1.98. The number of nitroso groups, excluding NO2 is 1. The quantitative estimate of drug-likeness (QED) is 0.438. The van der Waals surface area contributed by atoms with Crippen molar-refractivity contribution < 1.29 is 4.79 Å². The van der Waals surface area contributed by atoms with E-state index in [1.54, 1.807) is 0 Å². The van der Waals surface area contributed by atoms with E-state index in [1.165, 1.54) is 0 Å². The molecule has 0 saturated heterocycles. The normalized spacial score (nSPS) is 12.2. The van der Waals surface area contributed by atoms with Gasteiger partial charge in [0.2, 0.25) is 5.91 Å². The summed E-state index contributed by atoms with van der Waals surface area (Å²) in [6.07, 6.45) is 1.71. The molecule has 3 N–H and O–H groups in total. The van der Waals surface area contributed by atoms with Crippen LogP contribution in [0.1, 0.15) is 19.8 Å². The molecule has 12 heavy (non-hydrogen) atoms. The third-order valence-corrected chi connectivity index (χ3v) is 1.37. The monoisotopic (exact) mass is 173 g/mol. The van der Waals surface area contributed by atoms with Gasteiger partial charge in [0.15, 0.2) is 6.54 Å². The highest BCUT2D eigenvalue weighted by Crippen LogP contribution is 1.90. The molecule has 0 radical (unpaired) electrons. The Kier molecular flexibility index (Phi) is 6.18. The maximum absolute atomic E-state index is 10.7. The summed E-state index contributed by atoms with van der Waals surface area (Å²) in [6, 6.07) is 0.158. The van der Waals surface area contributed by atoms with E-state index >= 15 is 0 Å². The van der Waals surface area contributed by atoms with Gasteiger partial charge in [-0.15, -0.1) is 0 Å². The number of nitrogens with two attached hydrogens (primary N) is 1. The zero-order chi connectivity index (χ0) is 9.40. The second kappa shape index (κ2) is 6.72. The Labute approximate surface area is 71.7 Å². The summed E-state index contributed by atoms with van der Waals surface area (Å²) in [4.78, 5) is 20.3. The lowest BCUT2D eigenvalue weighted by molar-refractivity contribution is -0.119. The molecule has 1 unspecified atom stereocenters. The second-order valence-corrected chi connectivity index (χ2v) is 2.76. The molecular weight excluding hydrogens is 158 g/mol. The van der Waals surface area contributed by atoms with E-state index in [2.05, 4.69) is 10.5 Å². The van der Waals surface area contributed by atoms with E-state index in [4.69, 9.17) is 5.73 Å². The molecule has 0 fully saturated rings. The van der Waals surface area contributed by atoms with Crippen LogP contribution in [0.25, 0.3) is 0 Å². The minimum atomic E-state index is -0.324. The lowest BCUT2D eigenvalue weighted by Crippen LogP contribution is -2.27. The van der Waals surface area contributed by atoms with Crippen molar-refractivity contribution in [1.29, 1.82) is 0 Å². The Balaban J connectivity index is 3.19. The Morgan fingerprint density at radius 1 is 1.67 bits per heavy atom.